The maximum atomic E-state index is 14.0. The van der Waals surface area contributed by atoms with Gasteiger partial charge in [-0.2, -0.15) is 5.10 Å². The van der Waals surface area contributed by atoms with E-state index in [2.05, 4.69) is 5.32 Å². The van der Waals surface area contributed by atoms with E-state index in [-0.39, 0.29) is 37.2 Å². The second-order valence-electron chi connectivity index (χ2n) is 10.8. The number of aryl methyl sites for hydroxylation is 1. The van der Waals surface area contributed by atoms with Gasteiger partial charge in [-0.05, 0) is 49.9 Å². The van der Waals surface area contributed by atoms with Crippen LogP contribution in [0.1, 0.15) is 55.7 Å². The minimum atomic E-state index is -0.539. The number of amides is 3. The average molecular weight is 581 g/mol. The SMILES string of the molecule is CCOC(=O)CCc1cccc(NC(=O)CN2N=C(c3ccccc3)c3ccccc3N(CC(=O)C3CCCC3)C2=O)c1. The molecule has 0 saturated heterocycles. The topological polar surface area (TPSA) is 108 Å². The number of nitrogens with one attached hydrogen (secondary N) is 1. The van der Waals surface area contributed by atoms with Crippen LogP contribution in [0.5, 0.6) is 0 Å². The lowest BCUT2D eigenvalue weighted by Crippen LogP contribution is -2.46. The Balaban J connectivity index is 1.41. The fourth-order valence-corrected chi connectivity index (χ4v) is 5.59. The maximum absolute atomic E-state index is 14.0. The monoisotopic (exact) mass is 580 g/mol. The Labute approximate surface area is 251 Å². The summed E-state index contributed by atoms with van der Waals surface area (Å²) in [5.41, 5.74) is 4.02. The number of hydrogen-bond donors (Lipinski definition) is 1. The number of urea groups is 1. The minimum absolute atomic E-state index is 0.0212. The van der Waals surface area contributed by atoms with E-state index < -0.39 is 11.9 Å². The fourth-order valence-electron chi connectivity index (χ4n) is 5.59. The van der Waals surface area contributed by atoms with Gasteiger partial charge in [-0.25, -0.2) is 9.80 Å². The summed E-state index contributed by atoms with van der Waals surface area (Å²) in [5, 5.41) is 8.72. The van der Waals surface area contributed by atoms with Crippen molar-refractivity contribution in [2.45, 2.75) is 45.4 Å². The number of esters is 1. The van der Waals surface area contributed by atoms with Gasteiger partial charge in [0.25, 0.3) is 0 Å². The number of carbonyl (C=O) groups excluding carboxylic acids is 4. The number of hydrogen-bond acceptors (Lipinski definition) is 6. The fraction of sp³-hybridized carbons (Fsp3) is 0.324. The summed E-state index contributed by atoms with van der Waals surface area (Å²) in [4.78, 5) is 53.9. The summed E-state index contributed by atoms with van der Waals surface area (Å²) in [6.07, 6.45) is 4.40. The Bertz CT molecular complexity index is 1510. The van der Waals surface area contributed by atoms with Crippen molar-refractivity contribution in [2.75, 3.05) is 29.9 Å². The van der Waals surface area contributed by atoms with E-state index in [1.165, 1.54) is 4.90 Å². The molecule has 9 heteroatoms. The molecule has 43 heavy (non-hydrogen) atoms. The number of fused-ring (bicyclic) bond motifs is 1. The number of nitrogens with zero attached hydrogens (tertiary/aromatic N) is 3. The summed E-state index contributed by atoms with van der Waals surface area (Å²) >= 11 is 0. The van der Waals surface area contributed by atoms with Gasteiger partial charge in [-0.1, -0.05) is 73.5 Å². The first kappa shape index (κ1) is 29.7. The van der Waals surface area contributed by atoms with Crippen molar-refractivity contribution >= 4 is 40.8 Å². The van der Waals surface area contributed by atoms with E-state index in [4.69, 9.17) is 9.84 Å². The first-order valence-electron chi connectivity index (χ1n) is 14.8. The summed E-state index contributed by atoms with van der Waals surface area (Å²) in [6, 6.07) is 23.6. The molecule has 9 nitrogen and oxygen atoms in total. The molecule has 3 aromatic carbocycles. The number of ketones is 1. The molecule has 2 aliphatic rings. The van der Waals surface area contributed by atoms with E-state index >= 15 is 0 Å². The molecule has 1 aliphatic heterocycles. The van der Waals surface area contributed by atoms with Gasteiger partial charge in [0.2, 0.25) is 5.91 Å². The molecule has 1 aliphatic carbocycles. The zero-order chi connectivity index (χ0) is 30.2. The standard InChI is InChI=1S/C34H36N4O5/c1-2-43-32(41)20-19-24-11-10-16-27(21-24)35-31(40)23-38-34(42)37(22-30(39)25-12-6-7-13-25)29-18-9-8-17-28(29)33(36-38)26-14-4-3-5-15-26/h3-5,8-11,14-18,21,25H,2,6-7,12-13,19-20,22-23H2,1H3,(H,35,40). The van der Waals surface area contributed by atoms with Crippen LogP contribution in [0.15, 0.2) is 84.0 Å². The van der Waals surface area contributed by atoms with Gasteiger partial charge in [0.15, 0.2) is 5.78 Å². The highest BCUT2D eigenvalue weighted by atomic mass is 16.5. The van der Waals surface area contributed by atoms with Crippen molar-refractivity contribution in [1.82, 2.24) is 5.01 Å². The molecule has 5 rings (SSSR count). The average Bonchev–Trinajstić information content (AvgIpc) is 3.54. The van der Waals surface area contributed by atoms with Gasteiger partial charge in [0.05, 0.1) is 18.8 Å². The molecule has 0 spiro atoms. The van der Waals surface area contributed by atoms with Crippen LogP contribution in [0.3, 0.4) is 0 Å². The Morgan fingerprint density at radius 1 is 0.930 bits per heavy atom. The zero-order valence-corrected chi connectivity index (χ0v) is 24.3. The lowest BCUT2D eigenvalue weighted by Gasteiger charge is -2.26. The van der Waals surface area contributed by atoms with Crippen LogP contribution in [-0.4, -0.2) is 54.1 Å². The number of para-hydroxylation sites is 1. The number of carbonyl (C=O) groups is 4. The summed E-state index contributed by atoms with van der Waals surface area (Å²) < 4.78 is 5.01. The second kappa shape index (κ2) is 13.9. The van der Waals surface area contributed by atoms with Crippen molar-refractivity contribution in [3.05, 3.63) is 95.6 Å². The van der Waals surface area contributed by atoms with Gasteiger partial charge in [-0.3, -0.25) is 19.3 Å². The molecular weight excluding hydrogens is 544 g/mol. The minimum Gasteiger partial charge on any atom is -0.466 e. The summed E-state index contributed by atoms with van der Waals surface area (Å²) in [6.45, 7) is 1.65. The maximum Gasteiger partial charge on any atom is 0.345 e. The number of benzene rings is 3. The molecule has 0 bridgehead atoms. The highest BCUT2D eigenvalue weighted by Crippen LogP contribution is 2.31. The Hall–Kier alpha value is -4.79. The number of ether oxygens (including phenoxy) is 1. The van der Waals surface area contributed by atoms with E-state index in [9.17, 15) is 19.2 Å². The van der Waals surface area contributed by atoms with Crippen LogP contribution in [0, 0.1) is 5.92 Å². The van der Waals surface area contributed by atoms with Crippen LogP contribution < -0.4 is 10.2 Å². The smallest absolute Gasteiger partial charge is 0.345 e. The molecule has 1 fully saturated rings. The molecule has 3 amide bonds. The van der Waals surface area contributed by atoms with Crippen LogP contribution in [0.25, 0.3) is 0 Å². The molecule has 1 heterocycles. The molecule has 3 aromatic rings. The van der Waals surface area contributed by atoms with Crippen LogP contribution in [0.2, 0.25) is 0 Å². The third-order valence-electron chi connectivity index (χ3n) is 7.72. The third-order valence-corrected chi connectivity index (χ3v) is 7.72. The summed E-state index contributed by atoms with van der Waals surface area (Å²) in [7, 11) is 0. The van der Waals surface area contributed by atoms with Gasteiger partial charge < -0.3 is 10.1 Å². The molecule has 0 aromatic heterocycles. The van der Waals surface area contributed by atoms with Gasteiger partial charge >= 0.3 is 12.0 Å². The van der Waals surface area contributed by atoms with Crippen LogP contribution in [-0.2, 0) is 25.5 Å². The predicted octanol–water partition coefficient (Wildman–Crippen LogP) is 5.57. The lowest BCUT2D eigenvalue weighted by molar-refractivity contribution is -0.143. The molecule has 0 radical (unpaired) electrons. The van der Waals surface area contributed by atoms with Crippen molar-refractivity contribution in [1.29, 1.82) is 0 Å². The number of Topliss-reactive ketones (excluding diaryl/α,β-unsaturated/α-hetero) is 1. The van der Waals surface area contributed by atoms with Gasteiger partial charge in [0.1, 0.15) is 12.3 Å². The first-order valence-corrected chi connectivity index (χ1v) is 14.8. The van der Waals surface area contributed by atoms with E-state index in [0.29, 0.717) is 35.7 Å². The Morgan fingerprint density at radius 2 is 1.67 bits per heavy atom. The van der Waals surface area contributed by atoms with Gasteiger partial charge in [-0.15, -0.1) is 0 Å². The van der Waals surface area contributed by atoms with Crippen molar-refractivity contribution in [2.24, 2.45) is 11.0 Å². The largest absolute Gasteiger partial charge is 0.466 e. The molecule has 1 N–H and O–H groups in total. The van der Waals surface area contributed by atoms with Crippen molar-refractivity contribution < 1.29 is 23.9 Å². The molecule has 1 saturated carbocycles. The molecule has 0 atom stereocenters. The second-order valence-corrected chi connectivity index (χ2v) is 10.8. The normalized spacial score (nSPS) is 15.0. The van der Waals surface area contributed by atoms with E-state index in [1.54, 1.807) is 25.1 Å². The number of anilines is 2. The van der Waals surface area contributed by atoms with Crippen molar-refractivity contribution in [3.8, 4) is 0 Å². The third kappa shape index (κ3) is 7.35. The highest BCUT2D eigenvalue weighted by molar-refractivity contribution is 6.19. The van der Waals surface area contributed by atoms with Crippen molar-refractivity contribution in [3.63, 3.8) is 0 Å². The Morgan fingerprint density at radius 3 is 2.44 bits per heavy atom. The molecule has 0 unspecified atom stereocenters. The zero-order valence-electron chi connectivity index (χ0n) is 24.3. The van der Waals surface area contributed by atoms with Gasteiger partial charge in [0, 0.05) is 29.2 Å². The molecule has 222 valence electrons. The number of hydrazone groups is 1. The first-order chi connectivity index (χ1) is 20.9. The Kier molecular flexibility index (Phi) is 9.61. The predicted molar refractivity (Wildman–Crippen MR) is 165 cm³/mol. The quantitative estimate of drug-likeness (QED) is 0.298. The summed E-state index contributed by atoms with van der Waals surface area (Å²) in [5.74, 6) is -0.765. The lowest BCUT2D eigenvalue weighted by atomic mass is 9.99. The highest BCUT2D eigenvalue weighted by Gasteiger charge is 2.34. The van der Waals surface area contributed by atoms with Crippen LogP contribution in [0.4, 0.5) is 16.2 Å². The molecular formula is C34H36N4O5. The van der Waals surface area contributed by atoms with E-state index in [0.717, 1.165) is 41.8 Å². The number of rotatable bonds is 11. The van der Waals surface area contributed by atoms with E-state index in [1.807, 2.05) is 60.7 Å². The van der Waals surface area contributed by atoms with Crippen LogP contribution >= 0.6 is 0 Å².